The van der Waals surface area contributed by atoms with Crippen LogP contribution in [0, 0.1) is 5.92 Å². The van der Waals surface area contributed by atoms with Crippen LogP contribution in [0.3, 0.4) is 0 Å². The summed E-state index contributed by atoms with van der Waals surface area (Å²) in [6.07, 6.45) is 3.97. The lowest BCUT2D eigenvalue weighted by Gasteiger charge is -2.30. The van der Waals surface area contributed by atoms with Crippen molar-refractivity contribution in [3.05, 3.63) is 42.5 Å². The Morgan fingerprint density at radius 3 is 2.52 bits per heavy atom. The van der Waals surface area contributed by atoms with E-state index in [0.29, 0.717) is 25.9 Å². The number of carboxylic acids is 1. The predicted octanol–water partition coefficient (Wildman–Crippen LogP) is 1.02. The van der Waals surface area contributed by atoms with E-state index in [0.717, 1.165) is 36.7 Å². The summed E-state index contributed by atoms with van der Waals surface area (Å²) in [6, 6.07) is 10.8. The second-order valence-corrected chi connectivity index (χ2v) is 11.6. The van der Waals surface area contributed by atoms with E-state index in [2.05, 4.69) is 20.5 Å². The highest BCUT2D eigenvalue weighted by molar-refractivity contribution is 7.89. The van der Waals surface area contributed by atoms with E-state index < -0.39 is 33.7 Å². The number of piperidine rings is 1. The lowest BCUT2D eigenvalue weighted by atomic mass is 9.97. The smallest absolute Gasteiger partial charge is 0.317 e. The van der Waals surface area contributed by atoms with Gasteiger partial charge in [-0.25, -0.2) is 13.1 Å². The minimum absolute atomic E-state index is 0.00931. The van der Waals surface area contributed by atoms with Crippen molar-refractivity contribution >= 4 is 44.8 Å². The Hall–Kier alpha value is -3.55. The van der Waals surface area contributed by atoms with Crippen molar-refractivity contribution in [2.24, 2.45) is 16.9 Å². The zero-order valence-corrected chi connectivity index (χ0v) is 23.2. The Bertz CT molecular complexity index is 1290. The lowest BCUT2D eigenvalue weighted by molar-refractivity contribution is -0.136. The van der Waals surface area contributed by atoms with Gasteiger partial charge in [0.2, 0.25) is 15.9 Å². The maximum atomic E-state index is 13.3. The molecule has 1 saturated heterocycles. The molecule has 13 heteroatoms. The number of carbonyl (C=O) groups excluding carboxylic acids is 2. The number of aliphatic carboxylic acids is 1. The van der Waals surface area contributed by atoms with Crippen LogP contribution in [0.2, 0.25) is 0 Å². The summed E-state index contributed by atoms with van der Waals surface area (Å²) in [7, 11) is -4.09. The molecule has 1 heterocycles. The number of likely N-dealkylation sites (tertiary alicyclic amines) is 1. The standard InChI is InChI=1S/C27H38N6O6S/c28-31-19-33-13-10-20(11-14-33)17-30-26(35)16-24(25(34)7-3-4-12-29-18-27(36)37)32-40(38,39)23-9-8-21-5-1-2-6-22(21)15-23/h1-2,5-6,8-9,15,19-20,24,29,32H,3-4,7,10-14,16-18,28H2,(H,30,35)(H,36,37)/t24-/m0/s1. The Morgan fingerprint density at radius 1 is 1.10 bits per heavy atom. The van der Waals surface area contributed by atoms with Crippen molar-refractivity contribution in [2.45, 2.75) is 49.5 Å². The van der Waals surface area contributed by atoms with Crippen LogP contribution >= 0.6 is 0 Å². The normalized spacial score (nSPS) is 15.3. The second-order valence-electron chi connectivity index (χ2n) is 9.93. The zero-order valence-electron chi connectivity index (χ0n) is 22.4. The topological polar surface area (TPSA) is 183 Å². The second kappa shape index (κ2) is 15.3. The van der Waals surface area contributed by atoms with E-state index in [4.69, 9.17) is 10.9 Å². The number of hydrogen-bond acceptors (Lipinski definition) is 8. The van der Waals surface area contributed by atoms with Crippen LogP contribution in [0.4, 0.5) is 0 Å². The lowest BCUT2D eigenvalue weighted by Crippen LogP contribution is -2.45. The van der Waals surface area contributed by atoms with E-state index in [1.165, 1.54) is 12.1 Å². The van der Waals surface area contributed by atoms with Crippen LogP contribution in [0.25, 0.3) is 10.8 Å². The number of nitrogens with one attached hydrogen (secondary N) is 3. The molecule has 1 amide bonds. The third-order valence-corrected chi connectivity index (χ3v) is 8.35. The number of nitrogens with two attached hydrogens (primary N) is 1. The van der Waals surface area contributed by atoms with Crippen molar-refractivity contribution < 1.29 is 27.9 Å². The summed E-state index contributed by atoms with van der Waals surface area (Å²) in [5.74, 6) is 3.68. The number of hydrogen-bond donors (Lipinski definition) is 5. The first-order chi connectivity index (χ1) is 19.2. The molecule has 0 saturated carbocycles. The van der Waals surface area contributed by atoms with Gasteiger partial charge in [-0.05, 0) is 61.1 Å². The van der Waals surface area contributed by atoms with Crippen LogP contribution < -0.4 is 21.2 Å². The molecule has 6 N–H and O–H groups in total. The molecule has 0 unspecified atom stereocenters. The van der Waals surface area contributed by atoms with Gasteiger partial charge >= 0.3 is 5.97 Å². The molecule has 2 aromatic carbocycles. The van der Waals surface area contributed by atoms with Gasteiger partial charge in [-0.15, -0.1) is 0 Å². The minimum atomic E-state index is -4.09. The molecule has 0 aromatic heterocycles. The number of carboxylic acid groups (broad SMARTS) is 1. The van der Waals surface area contributed by atoms with Crippen molar-refractivity contribution in [2.75, 3.05) is 32.7 Å². The first kappa shape index (κ1) is 31.0. The Kier molecular flexibility index (Phi) is 11.8. The molecule has 1 atom stereocenters. The largest absolute Gasteiger partial charge is 0.480 e. The number of Topliss-reactive ketones (excluding diaryl/α,β-unsaturated/α-hetero) is 1. The van der Waals surface area contributed by atoms with Crippen molar-refractivity contribution in [3.8, 4) is 0 Å². The highest BCUT2D eigenvalue weighted by Gasteiger charge is 2.28. The number of fused-ring (bicyclic) bond motifs is 1. The summed E-state index contributed by atoms with van der Waals surface area (Å²) < 4.78 is 29.0. The molecule has 1 fully saturated rings. The number of amides is 1. The monoisotopic (exact) mass is 574 g/mol. The van der Waals surface area contributed by atoms with E-state index in [-0.39, 0.29) is 30.2 Å². The molecule has 0 radical (unpaired) electrons. The molecule has 0 spiro atoms. The molecule has 12 nitrogen and oxygen atoms in total. The quantitative estimate of drug-likeness (QED) is 0.0642. The van der Waals surface area contributed by atoms with Crippen LogP contribution in [-0.4, -0.2) is 81.2 Å². The van der Waals surface area contributed by atoms with Crippen LogP contribution in [0.5, 0.6) is 0 Å². The molecular weight excluding hydrogens is 536 g/mol. The molecule has 0 bridgehead atoms. The number of nitrogens with zero attached hydrogens (tertiary/aromatic N) is 2. The molecule has 0 aliphatic carbocycles. The van der Waals surface area contributed by atoms with E-state index in [1.807, 2.05) is 23.1 Å². The van der Waals surface area contributed by atoms with Crippen molar-refractivity contribution in [1.29, 1.82) is 0 Å². The fraction of sp³-hybridized carbons (Fsp3) is 0.481. The van der Waals surface area contributed by atoms with Gasteiger partial charge in [-0.2, -0.15) is 5.10 Å². The number of benzene rings is 2. The average Bonchev–Trinajstić information content (AvgIpc) is 2.93. The fourth-order valence-electron chi connectivity index (χ4n) is 4.61. The highest BCUT2D eigenvalue weighted by atomic mass is 32.2. The number of ketones is 1. The predicted molar refractivity (Wildman–Crippen MR) is 152 cm³/mol. The average molecular weight is 575 g/mol. The SMILES string of the molecule is NN=CN1CCC(CNC(=O)C[C@H](NS(=O)(=O)c2ccc3ccccc3c2)C(=O)CCCCNCC(=O)O)CC1. The number of carbonyl (C=O) groups is 3. The van der Waals surface area contributed by atoms with Gasteiger partial charge in [0.25, 0.3) is 0 Å². The summed E-state index contributed by atoms with van der Waals surface area (Å²) in [5, 5.41) is 19.5. The first-order valence-corrected chi connectivity index (χ1v) is 14.9. The number of rotatable bonds is 16. The van der Waals surface area contributed by atoms with E-state index >= 15 is 0 Å². The molecule has 1 aliphatic heterocycles. The van der Waals surface area contributed by atoms with Gasteiger partial charge in [0.15, 0.2) is 5.78 Å². The minimum Gasteiger partial charge on any atom is -0.480 e. The van der Waals surface area contributed by atoms with Gasteiger partial charge in [-0.1, -0.05) is 30.3 Å². The third kappa shape index (κ3) is 9.88. The van der Waals surface area contributed by atoms with Gasteiger partial charge in [0, 0.05) is 32.5 Å². The summed E-state index contributed by atoms with van der Waals surface area (Å²) in [4.78, 5) is 38.6. The number of hydrazone groups is 1. The fourth-order valence-corrected chi connectivity index (χ4v) is 5.87. The van der Waals surface area contributed by atoms with Crippen LogP contribution in [-0.2, 0) is 24.4 Å². The maximum Gasteiger partial charge on any atom is 0.317 e. The summed E-state index contributed by atoms with van der Waals surface area (Å²) in [6.45, 7) is 2.20. The van der Waals surface area contributed by atoms with E-state index in [9.17, 15) is 22.8 Å². The molecule has 218 valence electrons. The van der Waals surface area contributed by atoms with Gasteiger partial charge in [0.05, 0.1) is 17.5 Å². The zero-order chi connectivity index (χ0) is 29.0. The molecule has 2 aromatic rings. The van der Waals surface area contributed by atoms with Gasteiger partial charge in [-0.3, -0.25) is 14.4 Å². The van der Waals surface area contributed by atoms with Crippen LogP contribution in [0.15, 0.2) is 52.5 Å². The Balaban J connectivity index is 1.62. The van der Waals surface area contributed by atoms with Crippen molar-refractivity contribution in [1.82, 2.24) is 20.3 Å². The van der Waals surface area contributed by atoms with Crippen LogP contribution in [0.1, 0.15) is 38.5 Å². The molecular formula is C27H38N6O6S. The highest BCUT2D eigenvalue weighted by Crippen LogP contribution is 2.20. The summed E-state index contributed by atoms with van der Waals surface area (Å²) >= 11 is 0. The summed E-state index contributed by atoms with van der Waals surface area (Å²) in [5.41, 5.74) is 0. The Morgan fingerprint density at radius 2 is 1.82 bits per heavy atom. The molecule has 1 aliphatic rings. The molecule has 3 rings (SSSR count). The van der Waals surface area contributed by atoms with E-state index in [1.54, 1.807) is 18.5 Å². The maximum absolute atomic E-state index is 13.3. The van der Waals surface area contributed by atoms with Gasteiger partial charge < -0.3 is 26.5 Å². The number of sulfonamides is 1. The molecule has 40 heavy (non-hydrogen) atoms. The van der Waals surface area contributed by atoms with Crippen molar-refractivity contribution in [3.63, 3.8) is 0 Å². The third-order valence-electron chi connectivity index (χ3n) is 6.88. The van der Waals surface area contributed by atoms with Gasteiger partial charge in [0.1, 0.15) is 6.34 Å². The number of unbranched alkanes of at least 4 members (excludes halogenated alkanes) is 1. The first-order valence-electron chi connectivity index (χ1n) is 13.4. The Labute approximate surface area is 234 Å².